The minimum Gasteiger partial charge on any atom is -0.383 e. The van der Waals surface area contributed by atoms with E-state index in [4.69, 9.17) is 4.74 Å². The Balaban J connectivity index is 1.99. The molecule has 140 valence electrons. The molecule has 3 amide bonds. The fourth-order valence-electron chi connectivity index (χ4n) is 2.20. The van der Waals surface area contributed by atoms with Crippen LogP contribution in [0, 0.1) is 0 Å². The Morgan fingerprint density at radius 1 is 1.27 bits per heavy atom. The number of methoxy groups -OCH3 is 1. The lowest BCUT2D eigenvalue weighted by atomic mass is 10.3. The van der Waals surface area contributed by atoms with Crippen molar-refractivity contribution in [2.45, 2.75) is 26.4 Å². The molecular formula is C18H24N4O3S. The molecule has 26 heavy (non-hydrogen) atoms. The maximum atomic E-state index is 12.6. The largest absolute Gasteiger partial charge is 0.383 e. The molecule has 0 atom stereocenters. The van der Waals surface area contributed by atoms with Crippen LogP contribution >= 0.6 is 11.3 Å². The zero-order valence-electron chi connectivity index (χ0n) is 15.2. The Bertz CT molecular complexity index is 718. The van der Waals surface area contributed by atoms with Crippen molar-refractivity contribution in [1.82, 2.24) is 15.2 Å². The number of ether oxygens (including phenoxy) is 1. The molecular weight excluding hydrogens is 352 g/mol. The van der Waals surface area contributed by atoms with Crippen LogP contribution in [0.4, 0.5) is 10.5 Å². The second-order valence-corrected chi connectivity index (χ2v) is 6.84. The molecule has 1 heterocycles. The first-order valence-electron chi connectivity index (χ1n) is 8.35. The van der Waals surface area contributed by atoms with Gasteiger partial charge in [-0.05, 0) is 26.0 Å². The Labute approximate surface area is 157 Å². The molecule has 0 aliphatic heterocycles. The highest BCUT2D eigenvalue weighted by Gasteiger charge is 2.20. The van der Waals surface area contributed by atoms with E-state index in [1.54, 1.807) is 17.4 Å². The smallest absolute Gasteiger partial charge is 0.322 e. The third-order valence-electron chi connectivity index (χ3n) is 3.59. The van der Waals surface area contributed by atoms with Gasteiger partial charge in [0.05, 0.1) is 13.2 Å². The van der Waals surface area contributed by atoms with Crippen LogP contribution in [0.1, 0.15) is 29.3 Å². The second kappa shape index (κ2) is 9.88. The average Bonchev–Trinajstić information content (AvgIpc) is 3.09. The van der Waals surface area contributed by atoms with E-state index in [2.05, 4.69) is 15.6 Å². The van der Waals surface area contributed by atoms with Gasteiger partial charge in [-0.1, -0.05) is 18.2 Å². The number of para-hydroxylation sites is 1. The number of anilines is 1. The highest BCUT2D eigenvalue weighted by Crippen LogP contribution is 2.16. The lowest BCUT2D eigenvalue weighted by Gasteiger charge is -2.26. The molecule has 2 N–H and O–H groups in total. The number of hydrogen-bond acceptors (Lipinski definition) is 5. The minimum absolute atomic E-state index is 0.0124. The Hall–Kier alpha value is -2.45. The van der Waals surface area contributed by atoms with Crippen LogP contribution in [0.3, 0.4) is 0 Å². The lowest BCUT2D eigenvalue weighted by molar-refractivity contribution is 0.0932. The number of thiazole rings is 1. The average molecular weight is 376 g/mol. The van der Waals surface area contributed by atoms with Crippen LogP contribution < -0.4 is 10.6 Å². The van der Waals surface area contributed by atoms with E-state index in [1.807, 2.05) is 44.2 Å². The van der Waals surface area contributed by atoms with Crippen molar-refractivity contribution in [1.29, 1.82) is 0 Å². The summed E-state index contributed by atoms with van der Waals surface area (Å²) in [6, 6.07) is 9.08. The number of benzene rings is 1. The van der Waals surface area contributed by atoms with Crippen LogP contribution in [0.25, 0.3) is 0 Å². The molecule has 1 aromatic heterocycles. The molecule has 2 rings (SSSR count). The predicted molar refractivity (Wildman–Crippen MR) is 102 cm³/mol. The zero-order valence-corrected chi connectivity index (χ0v) is 16.0. The SMILES string of the molecule is COCCNC(=O)c1csc(CN(C(=O)Nc2ccccc2)C(C)C)n1. The summed E-state index contributed by atoms with van der Waals surface area (Å²) in [5.41, 5.74) is 1.09. The van der Waals surface area contributed by atoms with Crippen LogP contribution in [0.5, 0.6) is 0 Å². The summed E-state index contributed by atoms with van der Waals surface area (Å²) in [4.78, 5) is 30.6. The Morgan fingerprint density at radius 2 is 2.00 bits per heavy atom. The summed E-state index contributed by atoms with van der Waals surface area (Å²) < 4.78 is 4.90. The fraction of sp³-hybridized carbons (Fsp3) is 0.389. The third kappa shape index (κ3) is 5.82. The molecule has 7 nitrogen and oxygen atoms in total. The predicted octanol–water partition coefficient (Wildman–Crippen LogP) is 2.96. The number of nitrogens with zero attached hydrogens (tertiary/aromatic N) is 2. The molecule has 0 saturated heterocycles. The fourth-order valence-corrected chi connectivity index (χ4v) is 2.97. The summed E-state index contributed by atoms with van der Waals surface area (Å²) in [6.07, 6.45) is 0. The van der Waals surface area contributed by atoms with Gasteiger partial charge in [-0.25, -0.2) is 9.78 Å². The van der Waals surface area contributed by atoms with Gasteiger partial charge in [0.1, 0.15) is 10.7 Å². The van der Waals surface area contributed by atoms with E-state index in [-0.39, 0.29) is 18.0 Å². The normalized spacial score (nSPS) is 10.6. The third-order valence-corrected chi connectivity index (χ3v) is 4.42. The minimum atomic E-state index is -0.241. The quantitative estimate of drug-likeness (QED) is 0.694. The number of nitrogens with one attached hydrogen (secondary N) is 2. The van der Waals surface area contributed by atoms with E-state index in [0.29, 0.717) is 30.4 Å². The maximum absolute atomic E-state index is 12.6. The Kier molecular flexibility index (Phi) is 7.55. The van der Waals surface area contributed by atoms with Gasteiger partial charge in [0.25, 0.3) is 5.91 Å². The molecule has 0 unspecified atom stereocenters. The van der Waals surface area contributed by atoms with Crippen molar-refractivity contribution in [2.24, 2.45) is 0 Å². The summed E-state index contributed by atoms with van der Waals surface area (Å²) in [5, 5.41) is 8.02. The van der Waals surface area contributed by atoms with E-state index in [0.717, 1.165) is 5.69 Å². The van der Waals surface area contributed by atoms with E-state index >= 15 is 0 Å². The first-order chi connectivity index (χ1) is 12.5. The lowest BCUT2D eigenvalue weighted by Crippen LogP contribution is -2.39. The van der Waals surface area contributed by atoms with Gasteiger partial charge in [-0.2, -0.15) is 0 Å². The number of carbonyl (C=O) groups is 2. The van der Waals surface area contributed by atoms with Crippen molar-refractivity contribution in [2.75, 3.05) is 25.6 Å². The van der Waals surface area contributed by atoms with E-state index in [9.17, 15) is 9.59 Å². The van der Waals surface area contributed by atoms with Gasteiger partial charge in [0, 0.05) is 30.8 Å². The van der Waals surface area contributed by atoms with Gasteiger partial charge in [-0.3, -0.25) is 4.79 Å². The number of rotatable bonds is 8. The summed E-state index contributed by atoms with van der Waals surface area (Å²) >= 11 is 1.36. The number of carbonyl (C=O) groups excluding carboxylic acids is 2. The number of amides is 3. The van der Waals surface area contributed by atoms with Gasteiger partial charge in [0.2, 0.25) is 0 Å². The van der Waals surface area contributed by atoms with Crippen molar-refractivity contribution in [3.05, 3.63) is 46.4 Å². The van der Waals surface area contributed by atoms with Gasteiger partial charge in [-0.15, -0.1) is 11.3 Å². The van der Waals surface area contributed by atoms with Gasteiger partial charge >= 0.3 is 6.03 Å². The topological polar surface area (TPSA) is 83.6 Å². The van der Waals surface area contributed by atoms with E-state index < -0.39 is 0 Å². The first kappa shape index (κ1) is 19.9. The van der Waals surface area contributed by atoms with Crippen molar-refractivity contribution >= 4 is 29.0 Å². The van der Waals surface area contributed by atoms with Gasteiger partial charge in [0.15, 0.2) is 0 Å². The molecule has 8 heteroatoms. The van der Waals surface area contributed by atoms with Crippen molar-refractivity contribution in [3.63, 3.8) is 0 Å². The number of aromatic nitrogens is 1. The maximum Gasteiger partial charge on any atom is 0.322 e. The molecule has 0 aliphatic carbocycles. The van der Waals surface area contributed by atoms with Gasteiger partial charge < -0.3 is 20.3 Å². The Morgan fingerprint density at radius 3 is 2.65 bits per heavy atom. The molecule has 0 spiro atoms. The molecule has 0 saturated carbocycles. The highest BCUT2D eigenvalue weighted by molar-refractivity contribution is 7.09. The van der Waals surface area contributed by atoms with Crippen molar-refractivity contribution in [3.8, 4) is 0 Å². The second-order valence-electron chi connectivity index (χ2n) is 5.89. The molecule has 0 fully saturated rings. The molecule has 0 radical (unpaired) electrons. The molecule has 0 aliphatic rings. The number of urea groups is 1. The monoisotopic (exact) mass is 376 g/mol. The summed E-state index contributed by atoms with van der Waals surface area (Å²) in [5.74, 6) is -0.241. The van der Waals surface area contributed by atoms with Crippen LogP contribution in [0.15, 0.2) is 35.7 Å². The zero-order chi connectivity index (χ0) is 18.9. The first-order valence-corrected chi connectivity index (χ1v) is 9.23. The van der Waals surface area contributed by atoms with Crippen LogP contribution in [-0.4, -0.2) is 48.1 Å². The summed E-state index contributed by atoms with van der Waals surface area (Å²) in [7, 11) is 1.58. The van der Waals surface area contributed by atoms with Crippen molar-refractivity contribution < 1.29 is 14.3 Å². The highest BCUT2D eigenvalue weighted by atomic mass is 32.1. The molecule has 1 aromatic carbocycles. The summed E-state index contributed by atoms with van der Waals surface area (Å²) in [6.45, 7) is 5.10. The standard InChI is InChI=1S/C18H24N4O3S/c1-13(2)22(18(24)20-14-7-5-4-6-8-14)11-16-21-15(12-26-16)17(23)19-9-10-25-3/h4-8,12-13H,9-11H2,1-3H3,(H,19,23)(H,20,24). The molecule has 0 bridgehead atoms. The number of hydrogen-bond donors (Lipinski definition) is 2. The van der Waals surface area contributed by atoms with Crippen LogP contribution in [0.2, 0.25) is 0 Å². The molecule has 2 aromatic rings. The van der Waals surface area contributed by atoms with E-state index in [1.165, 1.54) is 11.3 Å². The van der Waals surface area contributed by atoms with Crippen LogP contribution in [-0.2, 0) is 11.3 Å².